The highest BCUT2D eigenvalue weighted by molar-refractivity contribution is 7.80. The fourth-order valence-electron chi connectivity index (χ4n) is 13.6. The number of aromatic amines is 4. The van der Waals surface area contributed by atoms with E-state index >= 15 is 0 Å². The van der Waals surface area contributed by atoms with E-state index in [0.717, 1.165) is 0 Å². The van der Waals surface area contributed by atoms with E-state index in [4.69, 9.17) is 82.2 Å². The second-order valence-electron chi connectivity index (χ2n) is 30.1. The fraction of sp³-hybridized carbons (Fsp3) is 0.619. The monoisotopic (exact) mass is 1540 g/mol. The molecule has 5 aliphatic heterocycles. The van der Waals surface area contributed by atoms with Crippen LogP contribution in [0.15, 0.2) is 54.6 Å². The van der Waals surface area contributed by atoms with Crippen LogP contribution in [0.3, 0.4) is 0 Å². The molecule has 104 heavy (non-hydrogen) atoms. The third-order valence-electron chi connectivity index (χ3n) is 20.9. The van der Waals surface area contributed by atoms with Gasteiger partial charge in [-0.05, 0) is 113 Å². The lowest BCUT2D eigenvalue weighted by Crippen LogP contribution is -2.56. The number of fused-ring (bicyclic) bond motifs is 6. The summed E-state index contributed by atoms with van der Waals surface area (Å²) in [5.74, 6) is 1.52. The topological polar surface area (TPSA) is 431 Å². The van der Waals surface area contributed by atoms with Gasteiger partial charge in [0.2, 0.25) is 0 Å². The first kappa shape index (κ1) is 75.6. The van der Waals surface area contributed by atoms with E-state index in [0.29, 0.717) is 75.4 Å². The first-order chi connectivity index (χ1) is 49.1. The van der Waals surface area contributed by atoms with Crippen molar-refractivity contribution in [1.29, 1.82) is 0 Å². The maximum Gasteiger partial charge on any atom is 0.279 e. The fourth-order valence-corrected chi connectivity index (χ4v) is 17.0. The van der Waals surface area contributed by atoms with Gasteiger partial charge in [0.1, 0.15) is 66.2 Å². The number of thiocarbonyl (C=S) groups is 4. The number of nitrogens with one attached hydrogen (secondary N) is 9. The third kappa shape index (κ3) is 14.8. The van der Waals surface area contributed by atoms with Crippen LogP contribution in [0.25, 0.3) is 55.1 Å². The van der Waals surface area contributed by atoms with Gasteiger partial charge in [-0.25, -0.2) is 44.9 Å². The van der Waals surface area contributed by atoms with E-state index in [1.54, 1.807) is 54.1 Å². The number of rotatable bonds is 14. The van der Waals surface area contributed by atoms with Crippen molar-refractivity contribution in [2.75, 3.05) is 19.6 Å². The Bertz CT molecular complexity index is 4990. The predicted molar refractivity (Wildman–Crippen MR) is 406 cm³/mol. The molecule has 0 radical (unpaired) electrons. The number of azide groups is 1. The molecule has 5 saturated heterocycles. The molecule has 0 amide bonds. The maximum atomic E-state index is 12.8. The molecule has 8 aromatic rings. The van der Waals surface area contributed by atoms with Crippen LogP contribution in [-0.2, 0) is 27.8 Å². The first-order valence-electron chi connectivity index (χ1n) is 34.2. The van der Waals surface area contributed by atoms with Crippen LogP contribution in [0, 0.1) is 39.5 Å². The molecule has 0 aliphatic carbocycles. The van der Waals surface area contributed by atoms with Crippen LogP contribution in [-0.4, -0.2) is 196 Å². The molecule has 0 bridgehead atoms. The second kappa shape index (κ2) is 29.4. The average Bonchev–Trinajstić information content (AvgIpc) is 1.61. The van der Waals surface area contributed by atoms with E-state index in [-0.39, 0.29) is 103 Å². The lowest BCUT2D eigenvalue weighted by Gasteiger charge is -2.41. The minimum atomic E-state index is -2.42. The van der Waals surface area contributed by atoms with E-state index in [1.807, 2.05) is 11.5 Å². The molecule has 9 N–H and O–H groups in total. The smallest absolute Gasteiger partial charge is 0.279 e. The largest absolute Gasteiger partial charge is 0.407 e. The summed E-state index contributed by atoms with van der Waals surface area (Å²) < 4.78 is 47.8. The summed E-state index contributed by atoms with van der Waals surface area (Å²) in [5, 5.41) is 23.9. The zero-order valence-corrected chi connectivity index (χ0v) is 65.7. The van der Waals surface area contributed by atoms with Crippen molar-refractivity contribution in [2.24, 2.45) is 21.9 Å². The molecule has 35 nitrogen and oxygen atoms in total. The summed E-state index contributed by atoms with van der Waals surface area (Å²) in [4.78, 5) is 105. The molecule has 5 fully saturated rings. The predicted octanol–water partition coefficient (Wildman–Crippen LogP) is 5.91. The zero-order valence-electron chi connectivity index (χ0n) is 60.5. The van der Waals surface area contributed by atoms with E-state index < -0.39 is 84.1 Å². The molecule has 8 aromatic heterocycles. The normalized spacial score (nSPS) is 27.6. The SMILES string of the molecule is Cc1nc2c(ncn2[C@@H]2O[C@@H]3CCC(=S)NC4[C@@H](CNC(=S)N[C@@H]3C2C)O[C@@H](n2cnc3c(=O)[nH]c(C)nc32)[C@H]4O[Si](C)(C)C(C)(C)C)c(=O)[nH]1.Cc1nc2c(ncn2[C@@H]2O[C@H](CN=[N+]=[N-])[C@H](NC(=S)NC[C@H]3O[C@@H](n4cnc5c(=O)[nH]c(C)nc54)[C@@H](O[Si](C)(C)C(C)(C)C)C3N=C=S)C2C)c(=O)[nH]1. The average molecular weight is 1540 g/mol. The standard InChI is InChI=1S/C32H45N11O5S2Si.C31H42N14O5S2Si/c1-14-20-17(46-29(14)42-12-34-22-25(42)36-15(2)38-27(22)44)9-10-19(49)40-21-18(11-33-31(50)41-20)47-30(24(21)48-51(7,8)32(4,5)6)43-13-35-23-26(43)37-16(3)39-28(23)45;1-14-19(18(10-37-43-32)48-28(14)44-11-34-21-24(44)38-15(2)40-26(21)46)42-30(52)33-9-17-20(36-13-51)23(50-53(7,8)31(4,5)6)29(49-17)45-12-35-22-25(45)39-16(3)41-27(22)47/h12-14,17-18,20-21,24,29-30H,9-11H2,1-8H3,(H,40,49)(H2,33,41,50)(H,36,38,44)(H,37,39,45);11-12,14,17-20,23,28-29H,9-10H2,1-8H3,(H2,33,42,52)(H,38,40,46)(H,39,41,47)/t14?,17-,18-,20-,21?,24+,29-,30-;14?,17-,18-,19-,20?,23+,28-,29-/m11/s1. The molecule has 0 aromatic carbocycles. The second-order valence-corrected chi connectivity index (χ2v) is 41.1. The Morgan fingerprint density at radius 2 is 1.08 bits per heavy atom. The minimum Gasteiger partial charge on any atom is -0.407 e. The Morgan fingerprint density at radius 3 is 1.54 bits per heavy atom. The number of ether oxygens (including phenoxy) is 4. The summed E-state index contributed by atoms with van der Waals surface area (Å²) in [6, 6.07) is -1.57. The molecule has 16 atom stereocenters. The third-order valence-corrected chi connectivity index (χ3v) is 30.8. The summed E-state index contributed by atoms with van der Waals surface area (Å²) in [6.45, 7) is 33.1. The van der Waals surface area contributed by atoms with Gasteiger partial charge in [-0.1, -0.05) is 72.7 Å². The minimum absolute atomic E-state index is 0.0256. The lowest BCUT2D eigenvalue weighted by atomic mass is 9.96. The van der Waals surface area contributed by atoms with Crippen LogP contribution in [0.2, 0.25) is 36.3 Å². The molecular formula is C63H87N25O10S4Si2. The number of H-pyrrole nitrogens is 4. The van der Waals surface area contributed by atoms with Crippen LogP contribution in [0.1, 0.15) is 116 Å². The number of nitrogens with zero attached hydrogens (tertiary/aromatic N) is 16. The van der Waals surface area contributed by atoms with Gasteiger partial charge in [0.15, 0.2) is 84.0 Å². The van der Waals surface area contributed by atoms with Gasteiger partial charge >= 0.3 is 0 Å². The number of hydrogen-bond donors (Lipinski definition) is 9. The lowest BCUT2D eigenvalue weighted by molar-refractivity contribution is -0.0297. The van der Waals surface area contributed by atoms with Gasteiger partial charge in [0, 0.05) is 36.3 Å². The van der Waals surface area contributed by atoms with Crippen molar-refractivity contribution in [3.63, 3.8) is 0 Å². The summed E-state index contributed by atoms with van der Waals surface area (Å²) >= 11 is 22.8. The number of aliphatic imine (C=N–C) groups is 1. The maximum absolute atomic E-state index is 12.8. The molecule has 41 heteroatoms. The number of aromatic nitrogens is 16. The summed E-state index contributed by atoms with van der Waals surface area (Å²) in [6.07, 6.45) is 1.87. The molecule has 13 heterocycles. The Hall–Kier alpha value is -8.03. The van der Waals surface area contributed by atoms with Gasteiger partial charge in [0.05, 0.1) is 72.3 Å². The number of hydrogen-bond acceptors (Lipinski definition) is 24. The van der Waals surface area contributed by atoms with Gasteiger partial charge in [0.25, 0.3) is 22.2 Å². The molecule has 0 spiro atoms. The van der Waals surface area contributed by atoms with E-state index in [9.17, 15) is 19.2 Å². The van der Waals surface area contributed by atoms with Gasteiger partial charge < -0.3 is 74.3 Å². The summed E-state index contributed by atoms with van der Waals surface area (Å²) in [7, 11) is -4.80. The van der Waals surface area contributed by atoms with Crippen molar-refractivity contribution in [1.82, 2.24) is 105 Å². The first-order valence-corrected chi connectivity index (χ1v) is 41.7. The van der Waals surface area contributed by atoms with Gasteiger partial charge in [-0.2, -0.15) is 0 Å². The van der Waals surface area contributed by atoms with Crippen molar-refractivity contribution in [3.8, 4) is 0 Å². The van der Waals surface area contributed by atoms with Gasteiger partial charge in [-0.15, -0.1) is 0 Å². The van der Waals surface area contributed by atoms with E-state index in [1.165, 1.54) is 12.7 Å². The molecule has 0 saturated carbocycles. The highest BCUT2D eigenvalue weighted by atomic mass is 32.1. The van der Waals surface area contributed by atoms with Crippen molar-refractivity contribution in [3.05, 3.63) is 100 Å². The molecule has 4 unspecified atom stereocenters. The molecule has 13 rings (SSSR count). The highest BCUT2D eigenvalue weighted by Gasteiger charge is 2.55. The quantitative estimate of drug-likeness (QED) is 0.0153. The Balaban J connectivity index is 0.000000196. The summed E-state index contributed by atoms with van der Waals surface area (Å²) in [5.41, 5.74) is 10.3. The van der Waals surface area contributed by atoms with Crippen molar-refractivity contribution >= 4 is 131 Å². The van der Waals surface area contributed by atoms with Crippen molar-refractivity contribution < 1.29 is 27.8 Å². The van der Waals surface area contributed by atoms with Crippen LogP contribution in [0.4, 0.5) is 0 Å². The van der Waals surface area contributed by atoms with Crippen LogP contribution in [0.5, 0.6) is 0 Å². The Kier molecular flexibility index (Phi) is 21.4. The van der Waals surface area contributed by atoms with Crippen molar-refractivity contribution in [2.45, 2.75) is 218 Å². The number of isothiocyanates is 1. The van der Waals surface area contributed by atoms with Crippen LogP contribution < -0.4 is 48.8 Å². The van der Waals surface area contributed by atoms with Gasteiger partial charge in [-0.3, -0.25) is 37.4 Å². The van der Waals surface area contributed by atoms with Crippen LogP contribution >= 0.6 is 48.9 Å². The Morgan fingerprint density at radius 1 is 0.644 bits per heavy atom. The van der Waals surface area contributed by atoms with E-state index in [2.05, 4.69) is 181 Å². The Labute approximate surface area is 619 Å². The molecule has 5 aliphatic rings. The number of aryl methyl sites for hydroxylation is 4. The highest BCUT2D eigenvalue weighted by Crippen LogP contribution is 2.46. The number of imidazole rings is 4. The zero-order chi connectivity index (χ0) is 75.0. The molecule has 556 valence electrons. The molecular weight excluding hydrogens is 1450 g/mol.